The highest BCUT2D eigenvalue weighted by Gasteiger charge is 2.19. The maximum absolute atomic E-state index is 2.26. The van der Waals surface area contributed by atoms with E-state index in [1.54, 1.807) is 0 Å². The van der Waals surface area contributed by atoms with Crippen molar-refractivity contribution >= 4 is 0 Å². The summed E-state index contributed by atoms with van der Waals surface area (Å²) in [6.45, 7) is 11.0. The van der Waals surface area contributed by atoms with Crippen molar-refractivity contribution in [3.05, 3.63) is 112 Å². The molecular formula is C25H27. The lowest BCUT2D eigenvalue weighted by atomic mass is 9.82. The minimum absolute atomic E-state index is 0.173. The van der Waals surface area contributed by atoms with Crippen molar-refractivity contribution in [1.82, 2.24) is 0 Å². The SMILES string of the molecule is Cc1ccc([C](c2ccc(C)cc2)c2ccc(C(C)(C)C)cc2)cc1. The minimum Gasteiger partial charge on any atom is -0.0590 e. The van der Waals surface area contributed by atoms with Crippen LogP contribution < -0.4 is 0 Å². The van der Waals surface area contributed by atoms with E-state index in [9.17, 15) is 0 Å². The molecule has 0 aliphatic heterocycles. The number of aryl methyl sites for hydroxylation is 2. The number of rotatable bonds is 3. The Balaban J connectivity index is 2.07. The summed E-state index contributed by atoms with van der Waals surface area (Å²) >= 11 is 0. The fraction of sp³-hybridized carbons (Fsp3) is 0.240. The third-order valence-electron chi connectivity index (χ3n) is 4.72. The number of benzene rings is 3. The maximum atomic E-state index is 2.26. The summed E-state index contributed by atoms with van der Waals surface area (Å²) in [7, 11) is 0. The van der Waals surface area contributed by atoms with Gasteiger partial charge in [-0.25, -0.2) is 0 Å². The highest BCUT2D eigenvalue weighted by Crippen LogP contribution is 2.33. The zero-order valence-corrected chi connectivity index (χ0v) is 15.9. The van der Waals surface area contributed by atoms with Crippen molar-refractivity contribution in [1.29, 1.82) is 0 Å². The lowest BCUT2D eigenvalue weighted by Crippen LogP contribution is -2.11. The van der Waals surface area contributed by atoms with Gasteiger partial charge in [0, 0.05) is 0 Å². The van der Waals surface area contributed by atoms with Gasteiger partial charge in [-0.3, -0.25) is 0 Å². The predicted molar refractivity (Wildman–Crippen MR) is 108 cm³/mol. The summed E-state index contributed by atoms with van der Waals surface area (Å²) in [6.07, 6.45) is 0. The summed E-state index contributed by atoms with van der Waals surface area (Å²) in [6, 6.07) is 26.7. The molecule has 0 N–H and O–H groups in total. The fourth-order valence-corrected chi connectivity index (χ4v) is 3.08. The molecule has 0 saturated carbocycles. The Labute approximate surface area is 152 Å². The highest BCUT2D eigenvalue weighted by molar-refractivity contribution is 5.58. The molecule has 3 aromatic rings. The Hall–Kier alpha value is -2.34. The van der Waals surface area contributed by atoms with Gasteiger partial charge in [0.05, 0.1) is 5.92 Å². The van der Waals surface area contributed by atoms with Gasteiger partial charge in [0.2, 0.25) is 0 Å². The van der Waals surface area contributed by atoms with E-state index in [-0.39, 0.29) is 5.41 Å². The quantitative estimate of drug-likeness (QED) is 0.474. The van der Waals surface area contributed by atoms with Gasteiger partial charge in [0.25, 0.3) is 0 Å². The third-order valence-corrected chi connectivity index (χ3v) is 4.72. The summed E-state index contributed by atoms with van der Waals surface area (Å²) in [5, 5.41) is 0. The Morgan fingerprint density at radius 2 is 0.840 bits per heavy atom. The van der Waals surface area contributed by atoms with Crippen LogP contribution in [0.25, 0.3) is 0 Å². The Morgan fingerprint density at radius 3 is 1.16 bits per heavy atom. The van der Waals surface area contributed by atoms with Crippen LogP contribution in [0, 0.1) is 19.8 Å². The molecule has 25 heavy (non-hydrogen) atoms. The molecule has 0 fully saturated rings. The molecule has 0 spiro atoms. The summed E-state index contributed by atoms with van der Waals surface area (Å²) < 4.78 is 0. The molecule has 0 aliphatic carbocycles. The van der Waals surface area contributed by atoms with Gasteiger partial charge < -0.3 is 0 Å². The second-order valence-corrected chi connectivity index (χ2v) is 7.93. The van der Waals surface area contributed by atoms with E-state index in [4.69, 9.17) is 0 Å². The molecule has 127 valence electrons. The molecular weight excluding hydrogens is 300 g/mol. The molecule has 0 atom stereocenters. The van der Waals surface area contributed by atoms with Gasteiger partial charge in [0.1, 0.15) is 0 Å². The highest BCUT2D eigenvalue weighted by atomic mass is 14.2. The molecule has 0 aliphatic rings. The molecule has 0 heterocycles. The van der Waals surface area contributed by atoms with E-state index in [0.29, 0.717) is 0 Å². The van der Waals surface area contributed by atoms with Gasteiger partial charge >= 0.3 is 0 Å². The van der Waals surface area contributed by atoms with Gasteiger partial charge in [0.15, 0.2) is 0 Å². The predicted octanol–water partition coefficient (Wildman–Crippen LogP) is 6.62. The summed E-state index contributed by atoms with van der Waals surface area (Å²) in [5.41, 5.74) is 7.90. The van der Waals surface area contributed by atoms with Crippen LogP contribution >= 0.6 is 0 Å². The van der Waals surface area contributed by atoms with E-state index in [2.05, 4.69) is 107 Å². The lowest BCUT2D eigenvalue weighted by Gasteiger charge is -2.22. The minimum atomic E-state index is 0.173. The smallest absolute Gasteiger partial charge is 0.0590 e. The average Bonchev–Trinajstić information content (AvgIpc) is 2.58. The first-order valence-electron chi connectivity index (χ1n) is 8.96. The molecule has 0 amide bonds. The molecule has 0 saturated heterocycles. The van der Waals surface area contributed by atoms with E-state index in [0.717, 1.165) is 0 Å². The van der Waals surface area contributed by atoms with Crippen LogP contribution in [0.15, 0.2) is 72.8 Å². The number of hydrogen-bond acceptors (Lipinski definition) is 0. The van der Waals surface area contributed by atoms with E-state index in [1.807, 2.05) is 0 Å². The first kappa shape index (κ1) is 17.5. The van der Waals surface area contributed by atoms with Crippen molar-refractivity contribution in [2.45, 2.75) is 40.0 Å². The van der Waals surface area contributed by atoms with Crippen LogP contribution in [0.1, 0.15) is 54.2 Å². The standard InChI is InChI=1S/C25H27/c1-18-6-10-20(11-7-18)24(21-12-8-19(2)9-13-21)22-14-16-23(17-15-22)25(3,4)5/h6-17H,1-5H3. The molecule has 0 aromatic heterocycles. The second kappa shape index (κ2) is 6.88. The van der Waals surface area contributed by atoms with E-state index in [1.165, 1.54) is 39.3 Å². The zero-order chi connectivity index (χ0) is 18.0. The Kier molecular flexibility index (Phi) is 4.81. The van der Waals surface area contributed by atoms with Crippen molar-refractivity contribution < 1.29 is 0 Å². The topological polar surface area (TPSA) is 0 Å². The van der Waals surface area contributed by atoms with Gasteiger partial charge in [-0.1, -0.05) is 105 Å². The van der Waals surface area contributed by atoms with E-state index < -0.39 is 0 Å². The Bertz CT molecular complexity index is 768. The van der Waals surface area contributed by atoms with Gasteiger partial charge in [-0.15, -0.1) is 0 Å². The maximum Gasteiger partial charge on any atom is 0.0629 e. The molecule has 0 heteroatoms. The summed E-state index contributed by atoms with van der Waals surface area (Å²) in [5.74, 6) is 1.29. The van der Waals surface area contributed by atoms with Crippen molar-refractivity contribution in [3.63, 3.8) is 0 Å². The fourth-order valence-electron chi connectivity index (χ4n) is 3.08. The first-order valence-corrected chi connectivity index (χ1v) is 8.96. The third kappa shape index (κ3) is 4.02. The first-order chi connectivity index (χ1) is 11.8. The molecule has 3 rings (SSSR count). The van der Waals surface area contributed by atoms with Crippen LogP contribution in [0.5, 0.6) is 0 Å². The molecule has 0 unspecified atom stereocenters. The van der Waals surface area contributed by atoms with Crippen LogP contribution in [0.3, 0.4) is 0 Å². The second-order valence-electron chi connectivity index (χ2n) is 7.93. The average molecular weight is 327 g/mol. The van der Waals surface area contributed by atoms with Crippen LogP contribution in [-0.2, 0) is 5.41 Å². The van der Waals surface area contributed by atoms with E-state index >= 15 is 0 Å². The van der Waals surface area contributed by atoms with Crippen LogP contribution in [-0.4, -0.2) is 0 Å². The molecule has 1 radical (unpaired) electrons. The van der Waals surface area contributed by atoms with Gasteiger partial charge in [-0.2, -0.15) is 0 Å². The largest absolute Gasteiger partial charge is 0.0629 e. The Morgan fingerprint density at radius 1 is 0.520 bits per heavy atom. The monoisotopic (exact) mass is 327 g/mol. The molecule has 0 nitrogen and oxygen atoms in total. The van der Waals surface area contributed by atoms with Crippen molar-refractivity contribution in [3.8, 4) is 0 Å². The lowest BCUT2D eigenvalue weighted by molar-refractivity contribution is 0.590. The molecule has 0 bridgehead atoms. The van der Waals surface area contributed by atoms with Crippen LogP contribution in [0.4, 0.5) is 0 Å². The zero-order valence-electron chi connectivity index (χ0n) is 15.9. The van der Waals surface area contributed by atoms with Gasteiger partial charge in [-0.05, 0) is 41.5 Å². The summed E-state index contributed by atoms with van der Waals surface area (Å²) in [4.78, 5) is 0. The number of hydrogen-bond donors (Lipinski definition) is 0. The van der Waals surface area contributed by atoms with Crippen LogP contribution in [0.2, 0.25) is 0 Å². The normalized spacial score (nSPS) is 11.8. The van der Waals surface area contributed by atoms with Crippen molar-refractivity contribution in [2.24, 2.45) is 0 Å². The van der Waals surface area contributed by atoms with Crippen molar-refractivity contribution in [2.75, 3.05) is 0 Å². The molecule has 3 aromatic carbocycles.